The van der Waals surface area contributed by atoms with Crippen LogP contribution in [-0.4, -0.2) is 49.6 Å². The predicted octanol–water partition coefficient (Wildman–Crippen LogP) is 0.210. The number of nitrogens with one attached hydrogen (secondary N) is 1. The predicted molar refractivity (Wildman–Crippen MR) is 77.1 cm³/mol. The van der Waals surface area contributed by atoms with Gasteiger partial charge in [0.25, 0.3) is 0 Å². The lowest BCUT2D eigenvalue weighted by Gasteiger charge is -2.15. The average Bonchev–Trinajstić information content (AvgIpc) is 2.43. The van der Waals surface area contributed by atoms with Crippen LogP contribution in [0.25, 0.3) is 0 Å². The van der Waals surface area contributed by atoms with Gasteiger partial charge in [0.2, 0.25) is 15.9 Å². The van der Waals surface area contributed by atoms with Crippen molar-refractivity contribution in [3.8, 4) is 0 Å². The normalized spacial score (nSPS) is 12.9. The van der Waals surface area contributed by atoms with E-state index in [1.54, 1.807) is 30.3 Å². The molecule has 0 saturated heterocycles. The molecule has 0 aromatic heterocycles. The number of sulfonamides is 1. The van der Waals surface area contributed by atoms with E-state index in [0.717, 1.165) is 4.31 Å². The lowest BCUT2D eigenvalue weighted by Crippen LogP contribution is -2.35. The summed E-state index contributed by atoms with van der Waals surface area (Å²) in [5.41, 5.74) is 0.425. The van der Waals surface area contributed by atoms with Crippen LogP contribution >= 0.6 is 0 Å². The van der Waals surface area contributed by atoms with Crippen LogP contribution in [0, 0.1) is 0 Å². The molecule has 0 aliphatic carbocycles. The summed E-state index contributed by atoms with van der Waals surface area (Å²) in [7, 11) is -0.744. The second-order valence-electron chi connectivity index (χ2n) is 4.60. The van der Waals surface area contributed by atoms with E-state index in [-0.39, 0.29) is 12.2 Å². The van der Waals surface area contributed by atoms with Gasteiger partial charge in [0.1, 0.15) is 0 Å². The molecular formula is C13H18N2O5S. The zero-order valence-electron chi connectivity index (χ0n) is 11.8. The Morgan fingerprint density at radius 3 is 2.29 bits per heavy atom. The van der Waals surface area contributed by atoms with Crippen molar-refractivity contribution in [2.24, 2.45) is 0 Å². The van der Waals surface area contributed by atoms with Gasteiger partial charge in [-0.05, 0) is 5.56 Å². The van der Waals surface area contributed by atoms with E-state index in [1.807, 2.05) is 0 Å². The molecule has 1 aromatic rings. The summed E-state index contributed by atoms with van der Waals surface area (Å²) in [4.78, 5) is 22.9. The molecule has 1 rings (SSSR count). The first-order valence-corrected chi connectivity index (χ1v) is 7.82. The minimum atomic E-state index is -3.49. The van der Waals surface area contributed by atoms with Crippen molar-refractivity contribution >= 4 is 21.9 Å². The van der Waals surface area contributed by atoms with Crippen LogP contribution in [0.5, 0.6) is 0 Å². The Kier molecular flexibility index (Phi) is 5.86. The Balaban J connectivity index is 2.69. The number of carboxylic acid groups (broad SMARTS) is 1. The number of aliphatic carboxylic acids is 1. The molecule has 0 saturated carbocycles. The van der Waals surface area contributed by atoms with Gasteiger partial charge in [-0.3, -0.25) is 4.79 Å². The third-order valence-corrected chi connectivity index (χ3v) is 4.66. The van der Waals surface area contributed by atoms with Crippen LogP contribution in [0.4, 0.5) is 0 Å². The van der Waals surface area contributed by atoms with Gasteiger partial charge >= 0.3 is 5.97 Å². The van der Waals surface area contributed by atoms with Crippen molar-refractivity contribution < 1.29 is 23.1 Å². The molecule has 0 radical (unpaired) electrons. The summed E-state index contributed by atoms with van der Waals surface area (Å²) in [6.07, 6.45) is -0.295. The van der Waals surface area contributed by atoms with Crippen LogP contribution in [0.15, 0.2) is 30.3 Å². The van der Waals surface area contributed by atoms with E-state index in [2.05, 4.69) is 5.32 Å². The summed E-state index contributed by atoms with van der Waals surface area (Å²) in [6, 6.07) is 7.02. The summed E-state index contributed by atoms with van der Waals surface area (Å²) in [6.45, 7) is 0. The number of benzene rings is 1. The minimum Gasteiger partial charge on any atom is -0.479 e. The van der Waals surface area contributed by atoms with Gasteiger partial charge < -0.3 is 10.4 Å². The highest BCUT2D eigenvalue weighted by Gasteiger charge is 2.23. The van der Waals surface area contributed by atoms with E-state index in [1.165, 1.54) is 14.1 Å². The third kappa shape index (κ3) is 5.16. The molecule has 2 N–H and O–H groups in total. The summed E-state index contributed by atoms with van der Waals surface area (Å²) < 4.78 is 24.1. The van der Waals surface area contributed by atoms with Crippen molar-refractivity contribution in [3.05, 3.63) is 35.9 Å². The van der Waals surface area contributed by atoms with Crippen molar-refractivity contribution in [2.45, 2.75) is 12.5 Å². The molecule has 0 aliphatic heterocycles. The first-order valence-electron chi connectivity index (χ1n) is 6.21. The molecular weight excluding hydrogens is 296 g/mol. The topological polar surface area (TPSA) is 104 Å². The first-order chi connectivity index (χ1) is 9.74. The summed E-state index contributed by atoms with van der Waals surface area (Å²) >= 11 is 0. The van der Waals surface area contributed by atoms with Crippen LogP contribution in [0.2, 0.25) is 0 Å². The number of carbonyl (C=O) groups is 2. The Morgan fingerprint density at radius 2 is 1.81 bits per heavy atom. The largest absolute Gasteiger partial charge is 0.479 e. The van der Waals surface area contributed by atoms with Gasteiger partial charge in [0.15, 0.2) is 6.04 Å². The molecule has 8 heteroatoms. The molecule has 0 aliphatic rings. The highest BCUT2D eigenvalue weighted by Crippen LogP contribution is 2.13. The molecule has 0 unspecified atom stereocenters. The highest BCUT2D eigenvalue weighted by atomic mass is 32.2. The molecule has 1 amide bonds. The standard InChI is InChI=1S/C13H18N2O5S/c1-15(2)21(19,20)9-8-11(16)14-12(13(17)18)10-6-4-3-5-7-10/h3-7,12H,8-9H2,1-2H3,(H,14,16)(H,17,18)/t12-/m1/s1. The first kappa shape index (κ1) is 17.1. The van der Waals surface area contributed by atoms with E-state index >= 15 is 0 Å². The third-order valence-electron chi connectivity index (χ3n) is 2.83. The Labute approximate surface area is 123 Å². The Morgan fingerprint density at radius 1 is 1.24 bits per heavy atom. The van der Waals surface area contributed by atoms with Crippen LogP contribution in [0.1, 0.15) is 18.0 Å². The molecule has 1 aromatic carbocycles. The lowest BCUT2D eigenvalue weighted by atomic mass is 10.1. The number of carboxylic acids is 1. The lowest BCUT2D eigenvalue weighted by molar-refractivity contribution is -0.142. The van der Waals surface area contributed by atoms with Gasteiger partial charge in [-0.1, -0.05) is 30.3 Å². The number of carbonyl (C=O) groups excluding carboxylic acids is 1. The van der Waals surface area contributed by atoms with Crippen LogP contribution in [-0.2, 0) is 19.6 Å². The molecule has 0 bridgehead atoms. The highest BCUT2D eigenvalue weighted by molar-refractivity contribution is 7.89. The van der Waals surface area contributed by atoms with Gasteiger partial charge in [-0.2, -0.15) is 0 Å². The maximum absolute atomic E-state index is 11.7. The van der Waals surface area contributed by atoms with Gasteiger partial charge in [-0.15, -0.1) is 0 Å². The van der Waals surface area contributed by atoms with Crippen molar-refractivity contribution in [2.75, 3.05) is 19.8 Å². The smallest absolute Gasteiger partial charge is 0.330 e. The molecule has 0 fully saturated rings. The number of amides is 1. The minimum absolute atomic E-state index is 0.295. The van der Waals surface area contributed by atoms with E-state index < -0.39 is 27.9 Å². The fourth-order valence-electron chi connectivity index (χ4n) is 1.57. The Bertz CT molecular complexity index is 598. The maximum atomic E-state index is 11.7. The van der Waals surface area contributed by atoms with Crippen molar-refractivity contribution in [3.63, 3.8) is 0 Å². The quantitative estimate of drug-likeness (QED) is 0.749. The summed E-state index contributed by atoms with van der Waals surface area (Å²) in [5, 5.41) is 11.5. The van der Waals surface area contributed by atoms with Crippen molar-refractivity contribution in [1.82, 2.24) is 9.62 Å². The van der Waals surface area contributed by atoms with E-state index in [4.69, 9.17) is 5.11 Å². The van der Waals surface area contributed by atoms with Gasteiger partial charge in [-0.25, -0.2) is 17.5 Å². The second-order valence-corrected chi connectivity index (χ2v) is 6.90. The zero-order valence-corrected chi connectivity index (χ0v) is 12.6. The van der Waals surface area contributed by atoms with E-state index in [9.17, 15) is 18.0 Å². The second kappa shape index (κ2) is 7.19. The van der Waals surface area contributed by atoms with Crippen LogP contribution < -0.4 is 5.32 Å². The molecule has 7 nitrogen and oxygen atoms in total. The monoisotopic (exact) mass is 314 g/mol. The molecule has 0 spiro atoms. The van der Waals surface area contributed by atoms with Gasteiger partial charge in [0, 0.05) is 20.5 Å². The molecule has 0 heterocycles. The molecule has 116 valence electrons. The number of hydrogen-bond acceptors (Lipinski definition) is 4. The molecule has 21 heavy (non-hydrogen) atoms. The average molecular weight is 314 g/mol. The molecule has 1 atom stereocenters. The maximum Gasteiger partial charge on any atom is 0.330 e. The van der Waals surface area contributed by atoms with E-state index in [0.29, 0.717) is 5.56 Å². The number of rotatable bonds is 7. The number of hydrogen-bond donors (Lipinski definition) is 2. The summed E-state index contributed by atoms with van der Waals surface area (Å²) in [5.74, 6) is -2.20. The number of nitrogens with zero attached hydrogens (tertiary/aromatic N) is 1. The fraction of sp³-hybridized carbons (Fsp3) is 0.385. The zero-order chi connectivity index (χ0) is 16.0. The SMILES string of the molecule is CN(C)S(=O)(=O)CCC(=O)N[C@@H](C(=O)O)c1ccccc1. The van der Waals surface area contributed by atoms with Crippen molar-refractivity contribution in [1.29, 1.82) is 0 Å². The van der Waals surface area contributed by atoms with Crippen LogP contribution in [0.3, 0.4) is 0 Å². The van der Waals surface area contributed by atoms with Gasteiger partial charge in [0.05, 0.1) is 5.75 Å². The Hall–Kier alpha value is -1.93. The fourth-order valence-corrected chi connectivity index (χ4v) is 2.38.